The predicted molar refractivity (Wildman–Crippen MR) is 141 cm³/mol. The predicted octanol–water partition coefficient (Wildman–Crippen LogP) is 4.99. The zero-order chi connectivity index (χ0) is 26.5. The van der Waals surface area contributed by atoms with Crippen molar-refractivity contribution in [2.75, 3.05) is 26.2 Å². The van der Waals surface area contributed by atoms with Gasteiger partial charge >= 0.3 is 0 Å². The molecule has 0 atom stereocenters. The highest BCUT2D eigenvalue weighted by Gasteiger charge is 2.37. The lowest BCUT2D eigenvalue weighted by molar-refractivity contribution is -0.384. The van der Waals surface area contributed by atoms with E-state index in [0.29, 0.717) is 41.2 Å². The minimum absolute atomic E-state index is 0.00400. The van der Waals surface area contributed by atoms with Crippen molar-refractivity contribution < 1.29 is 28.8 Å². The Labute approximate surface area is 225 Å². The van der Waals surface area contributed by atoms with Gasteiger partial charge in [0.15, 0.2) is 11.5 Å². The molecule has 3 amide bonds. The van der Waals surface area contributed by atoms with Gasteiger partial charge in [0, 0.05) is 29.7 Å². The molecule has 2 aromatic carbocycles. The number of carbonyl (C=O) groups is 3. The van der Waals surface area contributed by atoms with Crippen molar-refractivity contribution in [3.05, 3.63) is 67.0 Å². The molecule has 194 valence electrons. The summed E-state index contributed by atoms with van der Waals surface area (Å²) in [5, 5.41) is 10.4. The quantitative estimate of drug-likeness (QED) is 0.228. The highest BCUT2D eigenvalue weighted by atomic mass is 79.9. The Balaban J connectivity index is 1.50. The number of benzene rings is 2. The van der Waals surface area contributed by atoms with E-state index in [4.69, 9.17) is 9.47 Å². The summed E-state index contributed by atoms with van der Waals surface area (Å²) in [4.78, 5) is 51.1. The second-order valence-corrected chi connectivity index (χ2v) is 10.2. The summed E-state index contributed by atoms with van der Waals surface area (Å²) in [6.45, 7) is 3.39. The van der Waals surface area contributed by atoms with Crippen molar-refractivity contribution in [3.63, 3.8) is 0 Å². The standard InChI is InChI=1S/C25H24BrN3O7S/c1-2-35-20-11-17(19(26)13-21(20)36-15-16-5-7-18(8-6-16)29(33)34)12-22-24(31)28(25(32)37-22)14-23(30)27-9-3-4-10-27/h5-8,11-13H,2-4,9-10,14-15H2,1H3/b22-12+. The van der Waals surface area contributed by atoms with E-state index in [1.165, 1.54) is 12.1 Å². The van der Waals surface area contributed by atoms with E-state index in [0.717, 1.165) is 35.1 Å². The first-order valence-electron chi connectivity index (χ1n) is 11.6. The molecule has 2 aliphatic rings. The number of non-ortho nitro benzene ring substituents is 1. The molecule has 4 rings (SSSR count). The van der Waals surface area contributed by atoms with Gasteiger partial charge in [0.2, 0.25) is 5.91 Å². The molecule has 2 heterocycles. The van der Waals surface area contributed by atoms with E-state index in [-0.39, 0.29) is 29.7 Å². The Kier molecular flexibility index (Phi) is 8.49. The molecule has 2 aromatic rings. The molecule has 2 fully saturated rings. The smallest absolute Gasteiger partial charge is 0.294 e. The fraction of sp³-hybridized carbons (Fsp3) is 0.320. The van der Waals surface area contributed by atoms with Gasteiger partial charge < -0.3 is 14.4 Å². The fourth-order valence-corrected chi connectivity index (χ4v) is 5.16. The number of amides is 3. The van der Waals surface area contributed by atoms with Crippen LogP contribution in [0.25, 0.3) is 6.08 Å². The molecule has 0 N–H and O–H groups in total. The summed E-state index contributed by atoms with van der Waals surface area (Å²) < 4.78 is 12.2. The molecule has 0 radical (unpaired) electrons. The molecule has 2 saturated heterocycles. The number of carbonyl (C=O) groups excluding carboxylic acids is 3. The van der Waals surface area contributed by atoms with E-state index in [1.807, 2.05) is 6.92 Å². The highest BCUT2D eigenvalue weighted by molar-refractivity contribution is 9.10. The number of nitrogens with zero attached hydrogens (tertiary/aromatic N) is 3. The summed E-state index contributed by atoms with van der Waals surface area (Å²) >= 11 is 4.28. The Hall–Kier alpha value is -3.38. The molecule has 10 nitrogen and oxygen atoms in total. The highest BCUT2D eigenvalue weighted by Crippen LogP contribution is 2.38. The SMILES string of the molecule is CCOc1cc(/C=C2/SC(=O)N(CC(=O)N3CCCC3)C2=O)c(Br)cc1OCc1ccc([N+](=O)[O-])cc1. The monoisotopic (exact) mass is 589 g/mol. The number of halogens is 1. The molecule has 0 bridgehead atoms. The van der Waals surface area contributed by atoms with Crippen LogP contribution in [0.1, 0.15) is 30.9 Å². The molecule has 2 aliphatic heterocycles. The fourth-order valence-electron chi connectivity index (χ4n) is 3.90. The van der Waals surface area contributed by atoms with Crippen LogP contribution in [0.15, 0.2) is 45.8 Å². The number of likely N-dealkylation sites (tertiary alicyclic amines) is 1. The van der Waals surface area contributed by atoms with Gasteiger partial charge in [0.05, 0.1) is 16.4 Å². The van der Waals surface area contributed by atoms with Crippen molar-refractivity contribution in [1.82, 2.24) is 9.80 Å². The van der Waals surface area contributed by atoms with Gasteiger partial charge in [-0.05, 0) is 73.0 Å². The van der Waals surface area contributed by atoms with E-state index < -0.39 is 16.1 Å². The second kappa shape index (κ2) is 11.8. The van der Waals surface area contributed by atoms with Crippen LogP contribution in [-0.2, 0) is 16.2 Å². The van der Waals surface area contributed by atoms with Gasteiger partial charge in [-0.3, -0.25) is 29.4 Å². The first-order valence-corrected chi connectivity index (χ1v) is 13.2. The van der Waals surface area contributed by atoms with Crippen LogP contribution in [0.5, 0.6) is 11.5 Å². The number of rotatable bonds is 9. The minimum Gasteiger partial charge on any atom is -0.490 e. The third-order valence-electron chi connectivity index (χ3n) is 5.82. The lowest BCUT2D eigenvalue weighted by atomic mass is 10.1. The van der Waals surface area contributed by atoms with E-state index in [2.05, 4.69) is 15.9 Å². The third-order valence-corrected chi connectivity index (χ3v) is 7.41. The summed E-state index contributed by atoms with van der Waals surface area (Å²) in [5.74, 6) is 0.136. The van der Waals surface area contributed by atoms with Gasteiger partial charge in [0.25, 0.3) is 16.8 Å². The van der Waals surface area contributed by atoms with Crippen molar-refractivity contribution in [1.29, 1.82) is 0 Å². The molecular formula is C25H24BrN3O7S. The topological polar surface area (TPSA) is 119 Å². The minimum atomic E-state index is -0.508. The van der Waals surface area contributed by atoms with Gasteiger partial charge in [-0.25, -0.2) is 0 Å². The maximum Gasteiger partial charge on any atom is 0.294 e. The summed E-state index contributed by atoms with van der Waals surface area (Å²) in [6, 6.07) is 9.45. The molecule has 37 heavy (non-hydrogen) atoms. The maximum absolute atomic E-state index is 12.9. The zero-order valence-electron chi connectivity index (χ0n) is 20.0. The molecule has 0 spiro atoms. The van der Waals surface area contributed by atoms with Gasteiger partial charge in [-0.2, -0.15) is 0 Å². The van der Waals surface area contributed by atoms with Crippen molar-refractivity contribution in [2.24, 2.45) is 0 Å². The summed E-state index contributed by atoms with van der Waals surface area (Å²) in [5.41, 5.74) is 1.34. The van der Waals surface area contributed by atoms with Gasteiger partial charge in [-0.1, -0.05) is 15.9 Å². The summed E-state index contributed by atoms with van der Waals surface area (Å²) in [6.07, 6.45) is 3.44. The number of ether oxygens (including phenoxy) is 2. The zero-order valence-corrected chi connectivity index (χ0v) is 22.4. The first-order chi connectivity index (χ1) is 17.8. The van der Waals surface area contributed by atoms with E-state index in [9.17, 15) is 24.5 Å². The number of hydrogen-bond donors (Lipinski definition) is 0. The summed E-state index contributed by atoms with van der Waals surface area (Å²) in [7, 11) is 0. The number of imide groups is 1. The Morgan fingerprint density at radius 3 is 2.46 bits per heavy atom. The largest absolute Gasteiger partial charge is 0.490 e. The average molecular weight is 590 g/mol. The Bertz CT molecular complexity index is 1260. The van der Waals surface area contributed by atoms with Crippen LogP contribution >= 0.6 is 27.7 Å². The molecular weight excluding hydrogens is 566 g/mol. The number of hydrogen-bond acceptors (Lipinski definition) is 8. The number of nitro groups is 1. The van der Waals surface area contributed by atoms with Crippen molar-refractivity contribution in [2.45, 2.75) is 26.4 Å². The van der Waals surface area contributed by atoms with E-state index >= 15 is 0 Å². The van der Waals surface area contributed by atoms with Crippen LogP contribution in [0, 0.1) is 10.1 Å². The average Bonchev–Trinajstić information content (AvgIpc) is 3.50. The van der Waals surface area contributed by atoms with Gasteiger partial charge in [-0.15, -0.1) is 0 Å². The normalized spacial score (nSPS) is 16.5. The van der Waals surface area contributed by atoms with Gasteiger partial charge in [0.1, 0.15) is 13.2 Å². The van der Waals surface area contributed by atoms with Crippen LogP contribution in [0.2, 0.25) is 0 Å². The van der Waals surface area contributed by atoms with Crippen molar-refractivity contribution in [3.8, 4) is 11.5 Å². The third kappa shape index (κ3) is 6.31. The molecule has 0 unspecified atom stereocenters. The molecule has 0 aliphatic carbocycles. The molecule has 0 aromatic heterocycles. The number of nitro benzene ring substituents is 1. The van der Waals surface area contributed by atoms with Crippen LogP contribution < -0.4 is 9.47 Å². The Morgan fingerprint density at radius 1 is 1.14 bits per heavy atom. The Morgan fingerprint density at radius 2 is 1.81 bits per heavy atom. The van der Waals surface area contributed by atoms with Crippen LogP contribution in [0.3, 0.4) is 0 Å². The van der Waals surface area contributed by atoms with E-state index in [1.54, 1.807) is 35.2 Å². The molecule has 12 heteroatoms. The van der Waals surface area contributed by atoms with Crippen molar-refractivity contribution >= 4 is 56.5 Å². The lowest BCUT2D eigenvalue weighted by Crippen LogP contribution is -2.40. The number of thioether (sulfide) groups is 1. The van der Waals surface area contributed by atoms with Crippen LogP contribution in [0.4, 0.5) is 10.5 Å². The van der Waals surface area contributed by atoms with Crippen LogP contribution in [-0.4, -0.2) is 58.0 Å². The lowest BCUT2D eigenvalue weighted by Gasteiger charge is -2.18. The second-order valence-electron chi connectivity index (χ2n) is 8.32. The maximum atomic E-state index is 12.9. The molecule has 0 saturated carbocycles. The first kappa shape index (κ1) is 26.7.